The minimum Gasteiger partial charge on any atom is -0.493 e. The van der Waals surface area contributed by atoms with E-state index in [2.05, 4.69) is 23.1 Å². The van der Waals surface area contributed by atoms with E-state index in [1.807, 2.05) is 19.1 Å². The van der Waals surface area contributed by atoms with Crippen LogP contribution >= 0.6 is 11.3 Å². The van der Waals surface area contributed by atoms with E-state index in [4.69, 9.17) is 14.2 Å². The van der Waals surface area contributed by atoms with Crippen molar-refractivity contribution in [2.24, 2.45) is 5.92 Å². The fraction of sp³-hybridized carbons (Fsp3) is 0.500. The van der Waals surface area contributed by atoms with Gasteiger partial charge in [0.25, 0.3) is 0 Å². The zero-order valence-electron chi connectivity index (χ0n) is 15.8. The molecule has 0 N–H and O–H groups in total. The standard InChI is InChI=1S/C20H23N3O3S/c1-14(4-5-21)20(13-22,23-6-8-26-9-7-23)19-11-15-10-16(24-2)17(25-3)12-18(15)27-19/h10-12,14H,4,6-9H2,1-3H3. The Labute approximate surface area is 163 Å². The third kappa shape index (κ3) is 3.35. The van der Waals surface area contributed by atoms with Crippen molar-refractivity contribution in [1.29, 1.82) is 10.5 Å². The van der Waals surface area contributed by atoms with E-state index in [9.17, 15) is 10.5 Å². The molecule has 0 saturated carbocycles. The van der Waals surface area contributed by atoms with Gasteiger partial charge in [-0.15, -0.1) is 11.3 Å². The average molecular weight is 385 g/mol. The quantitative estimate of drug-likeness (QED) is 0.757. The van der Waals surface area contributed by atoms with Crippen molar-refractivity contribution in [3.05, 3.63) is 23.1 Å². The number of thiophene rings is 1. The second-order valence-electron chi connectivity index (χ2n) is 6.60. The lowest BCUT2D eigenvalue weighted by Gasteiger charge is -2.43. The van der Waals surface area contributed by atoms with Crippen LogP contribution in [0.1, 0.15) is 18.2 Å². The van der Waals surface area contributed by atoms with Crippen molar-refractivity contribution in [1.82, 2.24) is 4.90 Å². The van der Waals surface area contributed by atoms with Crippen LogP contribution in [0.4, 0.5) is 0 Å². The van der Waals surface area contributed by atoms with Gasteiger partial charge in [0.2, 0.25) is 0 Å². The van der Waals surface area contributed by atoms with Crippen molar-refractivity contribution in [2.75, 3.05) is 40.5 Å². The summed E-state index contributed by atoms with van der Waals surface area (Å²) in [5.74, 6) is 1.19. The molecule has 142 valence electrons. The van der Waals surface area contributed by atoms with Crippen LogP contribution in [-0.4, -0.2) is 45.4 Å². The number of hydrogen-bond acceptors (Lipinski definition) is 7. The van der Waals surface area contributed by atoms with Gasteiger partial charge in [0.1, 0.15) is 5.54 Å². The van der Waals surface area contributed by atoms with Gasteiger partial charge in [0.05, 0.1) is 39.6 Å². The van der Waals surface area contributed by atoms with Crippen LogP contribution in [0.5, 0.6) is 11.5 Å². The van der Waals surface area contributed by atoms with Gasteiger partial charge >= 0.3 is 0 Å². The van der Waals surface area contributed by atoms with Gasteiger partial charge in [-0.1, -0.05) is 6.92 Å². The van der Waals surface area contributed by atoms with Crippen LogP contribution in [0.2, 0.25) is 0 Å². The summed E-state index contributed by atoms with van der Waals surface area (Å²) in [4.78, 5) is 3.11. The molecule has 0 radical (unpaired) electrons. The Morgan fingerprint density at radius 2 is 1.85 bits per heavy atom. The Morgan fingerprint density at radius 1 is 1.19 bits per heavy atom. The predicted octanol–water partition coefficient (Wildman–Crippen LogP) is 3.52. The van der Waals surface area contributed by atoms with E-state index in [1.54, 1.807) is 25.6 Å². The lowest BCUT2D eigenvalue weighted by Crippen LogP contribution is -2.53. The highest BCUT2D eigenvalue weighted by molar-refractivity contribution is 7.19. The van der Waals surface area contributed by atoms with Gasteiger partial charge in [-0.25, -0.2) is 0 Å². The molecule has 1 fully saturated rings. The first kappa shape index (κ1) is 19.4. The lowest BCUT2D eigenvalue weighted by molar-refractivity contribution is -0.0211. The van der Waals surface area contributed by atoms with E-state index >= 15 is 0 Å². The molecule has 1 aliphatic rings. The number of ether oxygens (including phenoxy) is 3. The number of hydrogen-bond donors (Lipinski definition) is 0. The van der Waals surface area contributed by atoms with E-state index in [1.165, 1.54) is 0 Å². The molecule has 27 heavy (non-hydrogen) atoms. The summed E-state index contributed by atoms with van der Waals surface area (Å²) in [7, 11) is 3.22. The molecule has 6 nitrogen and oxygen atoms in total. The smallest absolute Gasteiger partial charge is 0.162 e. The monoisotopic (exact) mass is 385 g/mol. The largest absolute Gasteiger partial charge is 0.493 e. The average Bonchev–Trinajstić information content (AvgIpc) is 3.12. The van der Waals surface area contributed by atoms with Gasteiger partial charge in [-0.05, 0) is 17.5 Å². The number of benzene rings is 1. The molecule has 1 aromatic carbocycles. The minimum absolute atomic E-state index is 0.137. The van der Waals surface area contributed by atoms with Gasteiger partial charge in [0.15, 0.2) is 11.5 Å². The van der Waals surface area contributed by atoms with Gasteiger partial charge in [0, 0.05) is 41.1 Å². The van der Waals surface area contributed by atoms with E-state index in [0.29, 0.717) is 44.2 Å². The fourth-order valence-corrected chi connectivity index (χ4v) is 5.06. The second-order valence-corrected chi connectivity index (χ2v) is 7.68. The zero-order valence-corrected chi connectivity index (χ0v) is 16.6. The van der Waals surface area contributed by atoms with Gasteiger partial charge in [-0.2, -0.15) is 10.5 Å². The first-order valence-corrected chi connectivity index (χ1v) is 9.69. The van der Waals surface area contributed by atoms with Crippen LogP contribution in [0.25, 0.3) is 10.1 Å². The lowest BCUT2D eigenvalue weighted by atomic mass is 9.81. The summed E-state index contributed by atoms with van der Waals surface area (Å²) in [5, 5.41) is 20.6. The molecule has 7 heteroatoms. The van der Waals surface area contributed by atoms with Crippen LogP contribution in [-0.2, 0) is 10.3 Å². The number of methoxy groups -OCH3 is 2. The first-order valence-electron chi connectivity index (χ1n) is 8.87. The van der Waals surface area contributed by atoms with Crippen molar-refractivity contribution in [3.63, 3.8) is 0 Å². The van der Waals surface area contributed by atoms with Gasteiger partial charge in [-0.3, -0.25) is 4.90 Å². The molecule has 1 aliphatic heterocycles. The van der Waals surface area contributed by atoms with Crippen LogP contribution in [0.15, 0.2) is 18.2 Å². The van der Waals surface area contributed by atoms with E-state index < -0.39 is 5.54 Å². The summed E-state index contributed by atoms with van der Waals surface area (Å²) in [6, 6.07) is 10.7. The van der Waals surface area contributed by atoms with Crippen LogP contribution < -0.4 is 9.47 Å². The third-order valence-electron chi connectivity index (χ3n) is 5.19. The highest BCUT2D eigenvalue weighted by atomic mass is 32.1. The molecule has 1 aromatic heterocycles. The zero-order chi connectivity index (χ0) is 19.4. The normalized spacial score (nSPS) is 18.3. The molecule has 0 amide bonds. The first-order chi connectivity index (χ1) is 13.1. The SMILES string of the molecule is COc1cc2cc(C(C#N)(C(C)CC#N)N3CCOCC3)sc2cc1OC. The van der Waals surface area contributed by atoms with Gasteiger partial charge < -0.3 is 14.2 Å². The number of nitrogens with zero attached hydrogens (tertiary/aromatic N) is 3. The molecule has 0 spiro atoms. The Bertz CT molecular complexity index is 851. The van der Waals surface area contributed by atoms with Crippen molar-refractivity contribution >= 4 is 21.4 Å². The number of fused-ring (bicyclic) bond motifs is 1. The molecule has 3 rings (SSSR count). The summed E-state index contributed by atoms with van der Waals surface area (Å²) < 4.78 is 17.3. The maximum atomic E-state index is 10.3. The molecule has 2 aromatic rings. The summed E-state index contributed by atoms with van der Waals surface area (Å²) >= 11 is 1.58. The van der Waals surface area contributed by atoms with Crippen LogP contribution in [0.3, 0.4) is 0 Å². The molecule has 2 atom stereocenters. The second kappa shape index (κ2) is 8.14. The van der Waals surface area contributed by atoms with Crippen LogP contribution in [0, 0.1) is 28.6 Å². The molecule has 0 bridgehead atoms. The molecule has 2 unspecified atom stereocenters. The molecule has 1 saturated heterocycles. The number of rotatable bonds is 6. The molecule has 2 heterocycles. The summed E-state index contributed by atoms with van der Waals surface area (Å²) in [6.07, 6.45) is 0.311. The highest BCUT2D eigenvalue weighted by Crippen LogP contribution is 2.45. The Balaban J connectivity index is 2.16. The predicted molar refractivity (Wildman–Crippen MR) is 104 cm³/mol. The van der Waals surface area contributed by atoms with Crippen molar-refractivity contribution < 1.29 is 14.2 Å². The maximum absolute atomic E-state index is 10.3. The molecule has 0 aliphatic carbocycles. The fourth-order valence-electron chi connectivity index (χ4n) is 3.70. The highest BCUT2D eigenvalue weighted by Gasteiger charge is 2.45. The Morgan fingerprint density at radius 3 is 2.44 bits per heavy atom. The van der Waals surface area contributed by atoms with Crippen molar-refractivity contribution in [2.45, 2.75) is 18.9 Å². The minimum atomic E-state index is -0.857. The summed E-state index contributed by atoms with van der Waals surface area (Å²) in [5.41, 5.74) is -0.857. The molecular weight excluding hydrogens is 362 g/mol. The summed E-state index contributed by atoms with van der Waals surface area (Å²) in [6.45, 7) is 4.51. The number of nitriles is 2. The maximum Gasteiger partial charge on any atom is 0.162 e. The molecular formula is C20H23N3O3S. The van der Waals surface area contributed by atoms with Crippen molar-refractivity contribution in [3.8, 4) is 23.6 Å². The Kier molecular flexibility index (Phi) is 5.86. The third-order valence-corrected chi connectivity index (χ3v) is 6.41. The Hall–Kier alpha value is -2.32. The number of morpholine rings is 1. The topological polar surface area (TPSA) is 78.5 Å². The van der Waals surface area contributed by atoms with E-state index in [-0.39, 0.29) is 5.92 Å². The van der Waals surface area contributed by atoms with E-state index in [0.717, 1.165) is 15.0 Å².